The Hall–Kier alpha value is -2.85. The molecule has 1 fully saturated rings. The van der Waals surface area contributed by atoms with Gasteiger partial charge in [0.05, 0.1) is 13.5 Å². The van der Waals surface area contributed by atoms with Gasteiger partial charge in [-0.1, -0.05) is 40.0 Å². The van der Waals surface area contributed by atoms with E-state index in [-0.39, 0.29) is 50.5 Å². The molecular formula is C28H46O11. The molecule has 0 bridgehead atoms. The Morgan fingerprint density at radius 1 is 0.846 bits per heavy atom. The molecule has 0 aromatic heterocycles. The molecule has 1 aliphatic rings. The van der Waals surface area contributed by atoms with E-state index >= 15 is 0 Å². The molecule has 0 spiro atoms. The lowest BCUT2D eigenvalue weighted by molar-refractivity contribution is -0.166. The Morgan fingerprint density at radius 2 is 1.38 bits per heavy atom. The van der Waals surface area contributed by atoms with E-state index in [4.69, 9.17) is 18.9 Å². The maximum absolute atomic E-state index is 12.4. The molecule has 0 radical (unpaired) electrons. The molecule has 0 aliphatic heterocycles. The smallest absolute Gasteiger partial charge is 0.481 e. The van der Waals surface area contributed by atoms with E-state index in [1.54, 1.807) is 6.92 Å². The Bertz CT molecular complexity index is 832. The van der Waals surface area contributed by atoms with Crippen LogP contribution < -0.4 is 0 Å². The largest absolute Gasteiger partial charge is 0.508 e. The van der Waals surface area contributed by atoms with Crippen LogP contribution >= 0.6 is 0 Å². The Morgan fingerprint density at radius 3 is 1.90 bits per heavy atom. The Labute approximate surface area is 231 Å². The van der Waals surface area contributed by atoms with Crippen LogP contribution in [0.2, 0.25) is 0 Å². The molecule has 224 valence electrons. The zero-order valence-electron chi connectivity index (χ0n) is 24.2. The summed E-state index contributed by atoms with van der Waals surface area (Å²) in [5.74, 6) is -1.90. The van der Waals surface area contributed by atoms with Crippen molar-refractivity contribution in [2.45, 2.75) is 98.5 Å². The first kappa shape index (κ1) is 34.2. The molecular weight excluding hydrogens is 512 g/mol. The van der Waals surface area contributed by atoms with Gasteiger partial charge in [-0.25, -0.2) is 4.79 Å². The van der Waals surface area contributed by atoms with Crippen LogP contribution in [0.5, 0.6) is 0 Å². The summed E-state index contributed by atoms with van der Waals surface area (Å²) in [5, 5.41) is 9.61. The fraction of sp³-hybridized carbons (Fsp3) is 0.821. The Balaban J connectivity index is 2.38. The average Bonchev–Trinajstić information content (AvgIpc) is 2.86. The van der Waals surface area contributed by atoms with E-state index in [1.807, 2.05) is 20.8 Å². The lowest BCUT2D eigenvalue weighted by atomic mass is 9.77. The fourth-order valence-corrected chi connectivity index (χ4v) is 4.33. The molecule has 0 aromatic rings. The van der Waals surface area contributed by atoms with Gasteiger partial charge in [0, 0.05) is 12.8 Å². The number of carbonyl (C=O) groups excluding carboxylic acids is 4. The first-order valence-electron chi connectivity index (χ1n) is 13.6. The standard InChI is InChI=1S/C28H46O11/c1-19(16-36-26(34)35-6)39-23(30)13-11-21-9-7-8-20(14-21)10-12-22(29)37-17-28(5,25(32)33)18-38-24(31)15-27(2,3)4/h19-21H,7-18H2,1-6H3,(H,32,33). The highest BCUT2D eigenvalue weighted by atomic mass is 16.7. The van der Waals surface area contributed by atoms with Gasteiger partial charge in [-0.2, -0.15) is 0 Å². The SMILES string of the molecule is COC(=O)OCC(C)OC(=O)CCC1CCCC(CCC(=O)OCC(C)(COC(=O)CC(C)(C)C)C(=O)O)C1. The molecule has 1 saturated carbocycles. The van der Waals surface area contributed by atoms with E-state index in [2.05, 4.69) is 4.74 Å². The monoisotopic (exact) mass is 558 g/mol. The third-order valence-electron chi connectivity index (χ3n) is 6.63. The van der Waals surface area contributed by atoms with Gasteiger partial charge in [-0.15, -0.1) is 0 Å². The number of carbonyl (C=O) groups is 5. The summed E-state index contributed by atoms with van der Waals surface area (Å²) in [6.45, 7) is 7.81. The van der Waals surface area contributed by atoms with Crippen molar-refractivity contribution in [3.63, 3.8) is 0 Å². The van der Waals surface area contributed by atoms with Crippen molar-refractivity contribution in [1.29, 1.82) is 0 Å². The van der Waals surface area contributed by atoms with Crippen LogP contribution in [0.15, 0.2) is 0 Å². The van der Waals surface area contributed by atoms with Gasteiger partial charge >= 0.3 is 30.0 Å². The summed E-state index contributed by atoms with van der Waals surface area (Å²) in [5.41, 5.74) is -1.82. The number of ether oxygens (including phenoxy) is 5. The molecule has 1 N–H and O–H groups in total. The summed E-state index contributed by atoms with van der Waals surface area (Å²) < 4.78 is 24.8. The van der Waals surface area contributed by atoms with Gasteiger partial charge in [0.25, 0.3) is 0 Å². The molecule has 39 heavy (non-hydrogen) atoms. The second-order valence-electron chi connectivity index (χ2n) is 12.0. The highest BCUT2D eigenvalue weighted by molar-refractivity contribution is 5.77. The maximum Gasteiger partial charge on any atom is 0.508 e. The van der Waals surface area contributed by atoms with E-state index in [0.29, 0.717) is 24.7 Å². The molecule has 11 nitrogen and oxygen atoms in total. The van der Waals surface area contributed by atoms with Crippen molar-refractivity contribution in [3.05, 3.63) is 0 Å². The third kappa shape index (κ3) is 14.8. The summed E-state index contributed by atoms with van der Waals surface area (Å²) in [4.78, 5) is 59.3. The van der Waals surface area contributed by atoms with Crippen molar-refractivity contribution in [3.8, 4) is 0 Å². The van der Waals surface area contributed by atoms with Crippen molar-refractivity contribution in [2.24, 2.45) is 22.7 Å². The highest BCUT2D eigenvalue weighted by Gasteiger charge is 2.37. The molecule has 11 heteroatoms. The van der Waals surface area contributed by atoms with Crippen LogP contribution in [0.4, 0.5) is 4.79 Å². The zero-order valence-corrected chi connectivity index (χ0v) is 24.2. The van der Waals surface area contributed by atoms with Crippen LogP contribution in [-0.2, 0) is 42.9 Å². The van der Waals surface area contributed by atoms with E-state index in [9.17, 15) is 29.1 Å². The molecule has 0 heterocycles. The van der Waals surface area contributed by atoms with Crippen LogP contribution in [0, 0.1) is 22.7 Å². The highest BCUT2D eigenvalue weighted by Crippen LogP contribution is 2.34. The molecule has 0 saturated heterocycles. The number of hydrogen-bond acceptors (Lipinski definition) is 10. The number of carboxylic acid groups (broad SMARTS) is 1. The summed E-state index contributed by atoms with van der Waals surface area (Å²) in [6, 6.07) is 0. The van der Waals surface area contributed by atoms with Gasteiger partial charge in [0.2, 0.25) is 0 Å². The lowest BCUT2D eigenvalue weighted by Crippen LogP contribution is -2.39. The van der Waals surface area contributed by atoms with Gasteiger partial charge < -0.3 is 28.8 Å². The normalized spacial score (nSPS) is 19.6. The predicted molar refractivity (Wildman–Crippen MR) is 140 cm³/mol. The minimum Gasteiger partial charge on any atom is -0.481 e. The van der Waals surface area contributed by atoms with Gasteiger partial charge in [-0.05, 0) is 50.4 Å². The number of aliphatic carboxylic acids is 1. The maximum atomic E-state index is 12.4. The van der Waals surface area contributed by atoms with Crippen LogP contribution in [-0.4, -0.2) is 68.2 Å². The number of hydrogen-bond donors (Lipinski definition) is 1. The average molecular weight is 559 g/mol. The molecule has 1 aliphatic carbocycles. The summed E-state index contributed by atoms with van der Waals surface area (Å²) in [7, 11) is 1.20. The van der Waals surface area contributed by atoms with Crippen molar-refractivity contribution in [1.82, 2.24) is 0 Å². The number of esters is 3. The van der Waals surface area contributed by atoms with E-state index in [1.165, 1.54) is 14.0 Å². The van der Waals surface area contributed by atoms with Crippen LogP contribution in [0.1, 0.15) is 92.4 Å². The number of carboxylic acids is 1. The minimum absolute atomic E-state index is 0.0754. The fourth-order valence-electron chi connectivity index (χ4n) is 4.33. The predicted octanol–water partition coefficient (Wildman–Crippen LogP) is 4.68. The number of methoxy groups -OCH3 is 1. The Kier molecular flexibility index (Phi) is 14.3. The van der Waals surface area contributed by atoms with Gasteiger partial charge in [0.15, 0.2) is 0 Å². The van der Waals surface area contributed by atoms with Crippen LogP contribution in [0.3, 0.4) is 0 Å². The second kappa shape index (κ2) is 16.3. The number of rotatable bonds is 15. The van der Waals surface area contributed by atoms with Gasteiger partial charge in [-0.3, -0.25) is 19.2 Å². The summed E-state index contributed by atoms with van der Waals surface area (Å²) in [6.07, 6.45) is 4.33. The zero-order chi connectivity index (χ0) is 29.6. The third-order valence-corrected chi connectivity index (χ3v) is 6.63. The van der Waals surface area contributed by atoms with Crippen molar-refractivity contribution >= 4 is 30.0 Å². The lowest BCUT2D eigenvalue weighted by Gasteiger charge is -2.29. The molecule has 4 atom stereocenters. The summed E-state index contributed by atoms with van der Waals surface area (Å²) >= 11 is 0. The van der Waals surface area contributed by atoms with Crippen molar-refractivity contribution < 1.29 is 52.8 Å². The van der Waals surface area contributed by atoms with Crippen LogP contribution in [0.25, 0.3) is 0 Å². The molecule has 4 unspecified atom stereocenters. The molecule has 0 aromatic carbocycles. The molecule has 1 rings (SSSR count). The second-order valence-corrected chi connectivity index (χ2v) is 12.0. The first-order chi connectivity index (χ1) is 18.1. The van der Waals surface area contributed by atoms with E-state index < -0.39 is 35.6 Å². The molecule has 0 amide bonds. The van der Waals surface area contributed by atoms with Gasteiger partial charge in [0.1, 0.15) is 31.3 Å². The minimum atomic E-state index is -1.53. The quantitative estimate of drug-likeness (QED) is 0.220. The topological polar surface area (TPSA) is 152 Å². The van der Waals surface area contributed by atoms with Crippen molar-refractivity contribution in [2.75, 3.05) is 26.9 Å². The first-order valence-corrected chi connectivity index (χ1v) is 13.6. The van der Waals surface area contributed by atoms with E-state index in [0.717, 1.165) is 25.7 Å².